The number of benzene rings is 3. The number of aryl methyl sites for hydroxylation is 1. The molecule has 0 saturated carbocycles. The van der Waals surface area contributed by atoms with E-state index in [0.29, 0.717) is 18.0 Å². The molecule has 0 bridgehead atoms. The van der Waals surface area contributed by atoms with E-state index in [-0.39, 0.29) is 11.8 Å². The Balaban J connectivity index is 1.63. The topological polar surface area (TPSA) is 46.5 Å². The third kappa shape index (κ3) is 3.84. The van der Waals surface area contributed by atoms with Crippen molar-refractivity contribution in [3.05, 3.63) is 113 Å². The van der Waals surface area contributed by atoms with Gasteiger partial charge in [0.1, 0.15) is 11.6 Å². The Morgan fingerprint density at radius 3 is 2.61 bits per heavy atom. The number of rotatable bonds is 3. The smallest absolute Gasteiger partial charge is 0.323 e. The van der Waals surface area contributed by atoms with Crippen LogP contribution in [0.5, 0.6) is 5.75 Å². The van der Waals surface area contributed by atoms with E-state index >= 15 is 0 Å². The standard InChI is InChI=1S/C27H24FN3O2/c1-18-9-14-25(33-2)22(16-18)29-27(32)31-17-20-6-3-4-7-23(20)30-15-5-8-24(30)26(31)19-10-12-21(28)13-11-19/h3-16,26H,17H2,1-2H3,(H,29,32). The van der Waals surface area contributed by atoms with E-state index in [0.717, 1.165) is 28.1 Å². The van der Waals surface area contributed by atoms with Crippen LogP contribution in [0, 0.1) is 12.7 Å². The zero-order valence-electron chi connectivity index (χ0n) is 18.5. The van der Waals surface area contributed by atoms with Gasteiger partial charge in [0.05, 0.1) is 31.1 Å². The molecule has 0 spiro atoms. The first kappa shape index (κ1) is 20.8. The number of methoxy groups -OCH3 is 1. The summed E-state index contributed by atoms with van der Waals surface area (Å²) in [5, 5.41) is 3.04. The molecule has 5 nitrogen and oxygen atoms in total. The van der Waals surface area contributed by atoms with Crippen molar-refractivity contribution >= 4 is 11.7 Å². The van der Waals surface area contributed by atoms with Crippen molar-refractivity contribution in [1.82, 2.24) is 9.47 Å². The van der Waals surface area contributed by atoms with Crippen molar-refractivity contribution in [2.45, 2.75) is 19.5 Å². The summed E-state index contributed by atoms with van der Waals surface area (Å²) in [6.07, 6.45) is 2.00. The van der Waals surface area contributed by atoms with E-state index in [2.05, 4.69) is 9.88 Å². The lowest BCUT2D eigenvalue weighted by Crippen LogP contribution is -2.38. The fourth-order valence-electron chi connectivity index (χ4n) is 4.44. The Bertz CT molecular complexity index is 1310. The number of nitrogens with zero attached hydrogens (tertiary/aromatic N) is 2. The summed E-state index contributed by atoms with van der Waals surface area (Å²) in [6, 6.07) is 23.3. The number of urea groups is 1. The molecule has 4 aromatic rings. The number of hydrogen-bond acceptors (Lipinski definition) is 2. The SMILES string of the molecule is COc1ccc(C)cc1NC(=O)N1Cc2ccccc2-n2cccc2C1c1ccc(F)cc1. The van der Waals surface area contributed by atoms with Crippen LogP contribution in [0.25, 0.3) is 5.69 Å². The van der Waals surface area contributed by atoms with E-state index in [1.165, 1.54) is 12.1 Å². The quantitative estimate of drug-likeness (QED) is 0.419. The molecule has 1 aromatic heterocycles. The fraction of sp³-hybridized carbons (Fsp3) is 0.148. The minimum atomic E-state index is -0.413. The second kappa shape index (κ2) is 8.47. The molecule has 0 radical (unpaired) electrons. The van der Waals surface area contributed by atoms with Crippen LogP contribution in [0.1, 0.15) is 28.4 Å². The van der Waals surface area contributed by atoms with E-state index in [1.807, 2.05) is 67.7 Å². The predicted molar refractivity (Wildman–Crippen MR) is 126 cm³/mol. The number of amides is 2. The molecular formula is C27H24FN3O2. The first-order valence-corrected chi connectivity index (χ1v) is 10.8. The first-order valence-electron chi connectivity index (χ1n) is 10.8. The average Bonchev–Trinajstić information content (AvgIpc) is 3.24. The summed E-state index contributed by atoms with van der Waals surface area (Å²) < 4.78 is 21.3. The molecule has 0 aliphatic carbocycles. The summed E-state index contributed by atoms with van der Waals surface area (Å²) in [5.74, 6) is 0.275. The van der Waals surface area contributed by atoms with Gasteiger partial charge in [-0.15, -0.1) is 0 Å². The molecule has 5 rings (SSSR count). The second-order valence-corrected chi connectivity index (χ2v) is 8.15. The highest BCUT2D eigenvalue weighted by Gasteiger charge is 2.33. The number of hydrogen-bond donors (Lipinski definition) is 1. The number of para-hydroxylation sites is 1. The molecule has 33 heavy (non-hydrogen) atoms. The largest absolute Gasteiger partial charge is 0.495 e. The van der Waals surface area contributed by atoms with Gasteiger partial charge in [-0.05, 0) is 66.1 Å². The molecule has 1 aliphatic rings. The summed E-state index contributed by atoms with van der Waals surface area (Å²) in [4.78, 5) is 15.6. The van der Waals surface area contributed by atoms with Gasteiger partial charge in [-0.25, -0.2) is 9.18 Å². The maximum Gasteiger partial charge on any atom is 0.323 e. The Morgan fingerprint density at radius 1 is 1.03 bits per heavy atom. The predicted octanol–water partition coefficient (Wildman–Crippen LogP) is 6.07. The lowest BCUT2D eigenvalue weighted by Gasteiger charge is -2.31. The molecule has 1 unspecified atom stereocenters. The van der Waals surface area contributed by atoms with Crippen molar-refractivity contribution in [2.24, 2.45) is 0 Å². The van der Waals surface area contributed by atoms with Gasteiger partial charge in [0.25, 0.3) is 0 Å². The molecule has 1 N–H and O–H groups in total. The van der Waals surface area contributed by atoms with Crippen LogP contribution in [-0.2, 0) is 6.54 Å². The number of carbonyl (C=O) groups is 1. The average molecular weight is 442 g/mol. The zero-order chi connectivity index (χ0) is 22.9. The van der Waals surface area contributed by atoms with Crippen LogP contribution in [0.3, 0.4) is 0 Å². The van der Waals surface area contributed by atoms with E-state index in [1.54, 1.807) is 24.1 Å². The van der Waals surface area contributed by atoms with Gasteiger partial charge in [-0.1, -0.05) is 36.4 Å². The Labute approximate surface area is 192 Å². The van der Waals surface area contributed by atoms with Crippen molar-refractivity contribution in [1.29, 1.82) is 0 Å². The molecular weight excluding hydrogens is 417 g/mol. The number of halogens is 1. The van der Waals surface area contributed by atoms with Gasteiger partial charge >= 0.3 is 6.03 Å². The van der Waals surface area contributed by atoms with Crippen molar-refractivity contribution in [3.63, 3.8) is 0 Å². The molecule has 166 valence electrons. The van der Waals surface area contributed by atoms with Gasteiger partial charge in [-0.3, -0.25) is 0 Å². The van der Waals surface area contributed by atoms with Gasteiger partial charge in [0.2, 0.25) is 0 Å². The van der Waals surface area contributed by atoms with E-state index in [4.69, 9.17) is 4.74 Å². The van der Waals surface area contributed by atoms with Crippen LogP contribution >= 0.6 is 0 Å². The van der Waals surface area contributed by atoms with Crippen molar-refractivity contribution < 1.29 is 13.9 Å². The summed E-state index contributed by atoms with van der Waals surface area (Å²) in [6.45, 7) is 2.35. The third-order valence-corrected chi connectivity index (χ3v) is 6.01. The van der Waals surface area contributed by atoms with Crippen LogP contribution in [0.15, 0.2) is 85.1 Å². The second-order valence-electron chi connectivity index (χ2n) is 8.15. The lowest BCUT2D eigenvalue weighted by molar-refractivity contribution is 0.194. The zero-order valence-corrected chi connectivity index (χ0v) is 18.5. The fourth-order valence-corrected chi connectivity index (χ4v) is 4.44. The Hall–Kier alpha value is -4.06. The van der Waals surface area contributed by atoms with E-state index < -0.39 is 6.04 Å². The Kier molecular flexibility index (Phi) is 5.34. The normalized spacial score (nSPS) is 14.8. The molecule has 2 amide bonds. The van der Waals surface area contributed by atoms with Crippen molar-refractivity contribution in [2.75, 3.05) is 12.4 Å². The third-order valence-electron chi connectivity index (χ3n) is 6.01. The van der Waals surface area contributed by atoms with Crippen LogP contribution < -0.4 is 10.1 Å². The summed E-state index contributed by atoms with van der Waals surface area (Å²) in [5.41, 5.74) is 5.41. The van der Waals surface area contributed by atoms with Crippen LogP contribution in [-0.4, -0.2) is 22.6 Å². The van der Waals surface area contributed by atoms with Gasteiger partial charge in [0, 0.05) is 11.9 Å². The highest BCUT2D eigenvalue weighted by Crippen LogP contribution is 2.37. The Morgan fingerprint density at radius 2 is 1.82 bits per heavy atom. The van der Waals surface area contributed by atoms with Crippen LogP contribution in [0.4, 0.5) is 14.9 Å². The van der Waals surface area contributed by atoms with Crippen LogP contribution in [0.2, 0.25) is 0 Å². The minimum Gasteiger partial charge on any atom is -0.495 e. The van der Waals surface area contributed by atoms with Gasteiger partial charge in [-0.2, -0.15) is 0 Å². The number of aromatic nitrogens is 1. The molecule has 6 heteroatoms. The highest BCUT2D eigenvalue weighted by atomic mass is 19.1. The lowest BCUT2D eigenvalue weighted by atomic mass is 10.0. The molecule has 3 aromatic carbocycles. The van der Waals surface area contributed by atoms with Crippen molar-refractivity contribution in [3.8, 4) is 11.4 Å². The van der Waals surface area contributed by atoms with Gasteiger partial charge < -0.3 is 19.5 Å². The summed E-state index contributed by atoms with van der Waals surface area (Å²) >= 11 is 0. The number of nitrogens with one attached hydrogen (secondary N) is 1. The summed E-state index contributed by atoms with van der Waals surface area (Å²) in [7, 11) is 1.58. The highest BCUT2D eigenvalue weighted by molar-refractivity contribution is 5.92. The molecule has 0 fully saturated rings. The molecule has 1 atom stereocenters. The molecule has 1 aliphatic heterocycles. The monoisotopic (exact) mass is 441 g/mol. The minimum absolute atomic E-state index is 0.266. The number of fused-ring (bicyclic) bond motifs is 3. The van der Waals surface area contributed by atoms with Gasteiger partial charge in [0.15, 0.2) is 0 Å². The maximum atomic E-state index is 13.8. The number of carbonyl (C=O) groups excluding carboxylic acids is 1. The number of ether oxygens (including phenoxy) is 1. The number of anilines is 1. The molecule has 2 heterocycles. The molecule has 0 saturated heterocycles. The first-order chi connectivity index (χ1) is 16.0. The van der Waals surface area contributed by atoms with E-state index in [9.17, 15) is 9.18 Å². The maximum absolute atomic E-state index is 13.8.